The second-order valence-electron chi connectivity index (χ2n) is 8.44. The minimum Gasteiger partial charge on any atom is -0.347 e. The number of carbonyl (C=O) groups excluding carboxylic acids is 4. The van der Waals surface area contributed by atoms with Crippen LogP contribution in [0.1, 0.15) is 45.6 Å². The molecule has 8 heteroatoms. The molecule has 0 bridgehead atoms. The highest BCUT2D eigenvalue weighted by atomic mass is 16.2. The van der Waals surface area contributed by atoms with Crippen molar-refractivity contribution in [2.75, 3.05) is 13.1 Å². The molecule has 0 spiro atoms. The van der Waals surface area contributed by atoms with Gasteiger partial charge in [-0.25, -0.2) is 0 Å². The van der Waals surface area contributed by atoms with Crippen molar-refractivity contribution in [2.45, 2.75) is 58.0 Å². The van der Waals surface area contributed by atoms with Crippen LogP contribution in [0.2, 0.25) is 0 Å². The molecule has 0 aliphatic heterocycles. The number of rotatable bonds is 12. The van der Waals surface area contributed by atoms with Crippen LogP contribution >= 0.6 is 0 Å². The molecule has 1 aliphatic rings. The molecule has 0 saturated heterocycles. The van der Waals surface area contributed by atoms with E-state index in [-0.39, 0.29) is 54.9 Å². The number of ketones is 1. The number of nitrogens with one attached hydrogen (secondary N) is 3. The summed E-state index contributed by atoms with van der Waals surface area (Å²) in [4.78, 5) is 49.5. The van der Waals surface area contributed by atoms with E-state index in [1.165, 1.54) is 0 Å². The normalized spacial score (nSPS) is 20.6. The molecule has 3 atom stereocenters. The van der Waals surface area contributed by atoms with Gasteiger partial charge in [-0.3, -0.25) is 19.2 Å². The molecule has 0 aromatic heterocycles. The zero-order chi connectivity index (χ0) is 23.0. The van der Waals surface area contributed by atoms with Crippen LogP contribution in [0.3, 0.4) is 0 Å². The lowest BCUT2D eigenvalue weighted by Gasteiger charge is -2.24. The van der Waals surface area contributed by atoms with Gasteiger partial charge in [-0.05, 0) is 36.7 Å². The van der Waals surface area contributed by atoms with Crippen LogP contribution in [0.5, 0.6) is 0 Å². The van der Waals surface area contributed by atoms with Crippen molar-refractivity contribution >= 4 is 23.5 Å². The van der Waals surface area contributed by atoms with Gasteiger partial charge in [0.05, 0.1) is 13.1 Å². The Labute approximate surface area is 183 Å². The Morgan fingerprint density at radius 2 is 1.84 bits per heavy atom. The third-order valence-corrected chi connectivity index (χ3v) is 5.78. The minimum absolute atomic E-state index is 0.0407. The van der Waals surface area contributed by atoms with Gasteiger partial charge in [-0.2, -0.15) is 0 Å². The van der Waals surface area contributed by atoms with E-state index in [0.29, 0.717) is 19.3 Å². The monoisotopic (exact) mass is 430 g/mol. The maximum atomic E-state index is 13.1. The van der Waals surface area contributed by atoms with E-state index < -0.39 is 11.6 Å². The second-order valence-corrected chi connectivity index (χ2v) is 8.44. The van der Waals surface area contributed by atoms with E-state index in [0.717, 1.165) is 5.56 Å². The first-order valence-corrected chi connectivity index (χ1v) is 10.9. The van der Waals surface area contributed by atoms with E-state index in [4.69, 9.17) is 5.73 Å². The standard InChI is InChI=1S/C23H34N4O4/c1-4-20(29)26-19(11-10-16-8-6-5-7-9-16)21(30)27-23(12-18(23)15(2)3)22(31)25-14-17(28)13-24/h5-9,15,18-19H,4,10-14,24H2,1-3H3,(H,25,31)(H,26,29)(H,27,30)/t18?,19-,23?/m0/s1. The van der Waals surface area contributed by atoms with Crippen LogP contribution in [0.25, 0.3) is 0 Å². The third-order valence-electron chi connectivity index (χ3n) is 5.78. The van der Waals surface area contributed by atoms with Gasteiger partial charge in [-0.15, -0.1) is 0 Å². The number of carbonyl (C=O) groups is 4. The molecule has 170 valence electrons. The molecule has 1 aliphatic carbocycles. The molecular weight excluding hydrogens is 396 g/mol. The average Bonchev–Trinajstić information content (AvgIpc) is 3.50. The Morgan fingerprint density at radius 1 is 1.16 bits per heavy atom. The first-order valence-electron chi connectivity index (χ1n) is 10.9. The Kier molecular flexibility index (Phi) is 8.74. The number of hydrogen-bond acceptors (Lipinski definition) is 5. The number of aryl methyl sites for hydroxylation is 1. The van der Waals surface area contributed by atoms with Crippen LogP contribution < -0.4 is 21.7 Å². The lowest BCUT2D eigenvalue weighted by atomic mass is 10.0. The summed E-state index contributed by atoms with van der Waals surface area (Å²) in [6.07, 6.45) is 1.78. The number of benzene rings is 1. The van der Waals surface area contributed by atoms with Gasteiger partial charge in [0.25, 0.3) is 0 Å². The molecular formula is C23H34N4O4. The van der Waals surface area contributed by atoms with Gasteiger partial charge in [0, 0.05) is 6.42 Å². The van der Waals surface area contributed by atoms with Gasteiger partial charge < -0.3 is 21.7 Å². The van der Waals surface area contributed by atoms with Gasteiger partial charge in [0.1, 0.15) is 11.6 Å². The van der Waals surface area contributed by atoms with Crippen LogP contribution in [0.15, 0.2) is 30.3 Å². The number of nitrogens with two attached hydrogens (primary N) is 1. The molecule has 2 unspecified atom stereocenters. The second kappa shape index (κ2) is 11.0. The molecule has 0 radical (unpaired) electrons. The number of Topliss-reactive ketones (excluding diaryl/α,β-unsaturated/α-hetero) is 1. The summed E-state index contributed by atoms with van der Waals surface area (Å²) in [6.45, 7) is 5.38. The largest absolute Gasteiger partial charge is 0.347 e. The van der Waals surface area contributed by atoms with E-state index >= 15 is 0 Å². The first-order chi connectivity index (χ1) is 14.7. The van der Waals surface area contributed by atoms with E-state index in [9.17, 15) is 19.2 Å². The quantitative estimate of drug-likeness (QED) is 0.388. The molecule has 1 saturated carbocycles. The van der Waals surface area contributed by atoms with Gasteiger partial charge in [0.15, 0.2) is 5.78 Å². The highest BCUT2D eigenvalue weighted by molar-refractivity contribution is 5.98. The highest BCUT2D eigenvalue weighted by Gasteiger charge is 2.62. The summed E-state index contributed by atoms with van der Waals surface area (Å²) in [7, 11) is 0. The first kappa shape index (κ1) is 24.5. The maximum absolute atomic E-state index is 13.1. The summed E-state index contributed by atoms with van der Waals surface area (Å²) < 4.78 is 0. The van der Waals surface area contributed by atoms with Crippen molar-refractivity contribution < 1.29 is 19.2 Å². The predicted molar refractivity (Wildman–Crippen MR) is 118 cm³/mol. The zero-order valence-corrected chi connectivity index (χ0v) is 18.6. The highest BCUT2D eigenvalue weighted by Crippen LogP contribution is 2.48. The Hall–Kier alpha value is -2.74. The van der Waals surface area contributed by atoms with Crippen molar-refractivity contribution in [2.24, 2.45) is 17.6 Å². The summed E-state index contributed by atoms with van der Waals surface area (Å²) >= 11 is 0. The summed E-state index contributed by atoms with van der Waals surface area (Å²) in [6, 6.07) is 8.95. The van der Waals surface area contributed by atoms with Crippen molar-refractivity contribution in [3.63, 3.8) is 0 Å². The van der Waals surface area contributed by atoms with E-state index in [2.05, 4.69) is 16.0 Å². The van der Waals surface area contributed by atoms with E-state index in [1.807, 2.05) is 44.2 Å². The molecule has 1 aromatic rings. The number of hydrogen-bond donors (Lipinski definition) is 4. The van der Waals surface area contributed by atoms with Crippen LogP contribution in [0, 0.1) is 11.8 Å². The Balaban J connectivity index is 2.11. The topological polar surface area (TPSA) is 130 Å². The maximum Gasteiger partial charge on any atom is 0.246 e. The fraction of sp³-hybridized carbons (Fsp3) is 0.565. The Bertz CT molecular complexity index is 796. The Morgan fingerprint density at radius 3 is 2.39 bits per heavy atom. The van der Waals surface area contributed by atoms with Crippen molar-refractivity contribution in [3.8, 4) is 0 Å². The van der Waals surface area contributed by atoms with Gasteiger partial charge >= 0.3 is 0 Å². The molecule has 3 amide bonds. The predicted octanol–water partition coefficient (Wildman–Crippen LogP) is 0.689. The van der Waals surface area contributed by atoms with Crippen LogP contribution in [0.4, 0.5) is 0 Å². The lowest BCUT2D eigenvalue weighted by Crippen LogP contribution is -2.57. The minimum atomic E-state index is -1.07. The van der Waals surface area contributed by atoms with Crippen molar-refractivity contribution in [1.82, 2.24) is 16.0 Å². The molecule has 5 N–H and O–H groups in total. The molecule has 8 nitrogen and oxygen atoms in total. The fourth-order valence-electron chi connectivity index (χ4n) is 3.79. The molecule has 1 aromatic carbocycles. The van der Waals surface area contributed by atoms with Crippen molar-refractivity contribution in [1.29, 1.82) is 0 Å². The fourth-order valence-corrected chi connectivity index (χ4v) is 3.79. The zero-order valence-electron chi connectivity index (χ0n) is 18.6. The third kappa shape index (κ3) is 6.62. The lowest BCUT2D eigenvalue weighted by molar-refractivity contribution is -0.133. The van der Waals surface area contributed by atoms with E-state index in [1.54, 1.807) is 6.92 Å². The molecule has 1 fully saturated rings. The summed E-state index contributed by atoms with van der Waals surface area (Å²) in [5, 5.41) is 8.28. The number of amides is 3. The van der Waals surface area contributed by atoms with Crippen LogP contribution in [-0.2, 0) is 25.6 Å². The SMILES string of the molecule is CCC(=O)N[C@@H](CCc1ccccc1)C(=O)NC1(C(=O)NCC(=O)CN)CC1C(C)C. The van der Waals surface area contributed by atoms with Gasteiger partial charge in [0.2, 0.25) is 17.7 Å². The summed E-state index contributed by atoms with van der Waals surface area (Å²) in [5.41, 5.74) is 5.30. The van der Waals surface area contributed by atoms with Crippen molar-refractivity contribution in [3.05, 3.63) is 35.9 Å². The molecule has 2 rings (SSSR count). The average molecular weight is 431 g/mol. The van der Waals surface area contributed by atoms with Gasteiger partial charge in [-0.1, -0.05) is 51.1 Å². The molecule has 31 heavy (non-hydrogen) atoms. The smallest absolute Gasteiger partial charge is 0.246 e. The summed E-state index contributed by atoms with van der Waals surface area (Å²) in [5.74, 6) is -1.15. The van der Waals surface area contributed by atoms with Crippen LogP contribution in [-0.4, -0.2) is 48.2 Å². The molecule has 0 heterocycles.